The predicted octanol–water partition coefficient (Wildman–Crippen LogP) is -4.20. The van der Waals surface area contributed by atoms with Crippen LogP contribution in [-0.2, 0) is 41.5 Å². The summed E-state index contributed by atoms with van der Waals surface area (Å²) in [5.74, 6) is 0. The smallest absolute Gasteiger partial charge is 0.183 e. The van der Waals surface area contributed by atoms with Crippen LogP contribution in [0, 0.1) is 0 Å². The van der Waals surface area contributed by atoms with E-state index in [2.05, 4.69) is 45.5 Å². The number of nitrogens with two attached hydrogens (primary N) is 2. The summed E-state index contributed by atoms with van der Waals surface area (Å²) < 4.78 is 0. The second kappa shape index (κ2) is 12.0. The van der Waals surface area contributed by atoms with E-state index in [0.717, 1.165) is 6.21 Å². The summed E-state index contributed by atoms with van der Waals surface area (Å²) in [7, 11) is 0. The minimum atomic E-state index is -1.72. The fourth-order valence-electron chi connectivity index (χ4n) is 0.911. The van der Waals surface area contributed by atoms with Crippen LogP contribution in [0.1, 0.15) is 0 Å². The first-order valence-corrected chi connectivity index (χ1v) is 5.99. The molecule has 3 atom stereocenters. The molecule has 3 unspecified atom stereocenters. The average Bonchev–Trinajstić information content (AvgIpc) is 2.39. The summed E-state index contributed by atoms with van der Waals surface area (Å²) in [6.07, 6.45) is -4.09. The summed E-state index contributed by atoms with van der Waals surface area (Å²) in [4.78, 5) is 0. The molecule has 0 aliphatic rings. The minimum absolute atomic E-state index is 0. The van der Waals surface area contributed by atoms with Crippen molar-refractivity contribution in [3.8, 4) is 0 Å². The molecule has 0 bridgehead atoms. The van der Waals surface area contributed by atoms with Gasteiger partial charge < -0.3 is 41.5 Å². The van der Waals surface area contributed by atoms with Crippen molar-refractivity contribution in [1.29, 1.82) is 0 Å². The Morgan fingerprint density at radius 2 is 1.67 bits per heavy atom. The Bertz CT molecular complexity index is 410. The molecule has 0 spiro atoms. The monoisotopic (exact) mass is 387 g/mol. The molecule has 21 heavy (non-hydrogen) atoms. The van der Waals surface area contributed by atoms with Crippen LogP contribution in [0.2, 0.25) is 0 Å². The fraction of sp³-hybridized carbons (Fsp3) is 0.500. The van der Waals surface area contributed by atoms with E-state index in [0.29, 0.717) is 0 Å². The Balaban J connectivity index is 0. The first-order valence-electron chi connectivity index (χ1n) is 5.10. The van der Waals surface area contributed by atoms with Gasteiger partial charge in [0.05, 0.1) is 12.3 Å². The maximum atomic E-state index is 9.78. The Morgan fingerprint density at radius 1 is 1.14 bits per heavy atom. The van der Waals surface area contributed by atoms with Crippen LogP contribution < -0.4 is 11.5 Å². The average molecular weight is 388 g/mol. The molecule has 0 aliphatic carbocycles. The van der Waals surface area contributed by atoms with Crippen LogP contribution >= 0.6 is 0 Å². The first-order chi connectivity index (χ1) is 9.29. The van der Waals surface area contributed by atoms with Crippen LogP contribution in [0.3, 0.4) is 0 Å². The van der Waals surface area contributed by atoms with Crippen molar-refractivity contribution in [3.63, 3.8) is 0 Å². The van der Waals surface area contributed by atoms with Gasteiger partial charge in [-0.15, -0.1) is 0 Å². The van der Waals surface area contributed by atoms with Gasteiger partial charge in [0.15, 0.2) is 34.7 Å². The number of nitrogens with zero attached hydrogens (tertiary/aromatic N) is 4. The Morgan fingerprint density at radius 3 is 2.10 bits per heavy atom. The van der Waals surface area contributed by atoms with Crippen LogP contribution in [0.5, 0.6) is 0 Å². The van der Waals surface area contributed by atoms with Gasteiger partial charge in [-0.05, 0) is 0 Å². The number of hydrogen-bond acceptors (Lipinski definition) is 6. The van der Waals surface area contributed by atoms with E-state index in [1.807, 2.05) is 0 Å². The molecule has 0 saturated heterocycles. The number of aliphatic hydroxyl groups excluding tert-OH is 4. The molecule has 0 aromatic heterocycles. The van der Waals surface area contributed by atoms with Gasteiger partial charge in [-0.25, -0.2) is 0 Å². The zero-order valence-corrected chi connectivity index (χ0v) is 13.2. The molecule has 0 fully saturated rings. The van der Waals surface area contributed by atoms with Crippen LogP contribution in [0.4, 0.5) is 0 Å². The van der Waals surface area contributed by atoms with Crippen molar-refractivity contribution >= 4 is 46.6 Å². The van der Waals surface area contributed by atoms with E-state index in [9.17, 15) is 15.3 Å². The molecule has 13 heteroatoms. The number of rotatable bonds is 7. The molecule has 8 N–H and O–H groups in total. The fourth-order valence-corrected chi connectivity index (χ4v) is 1.01. The molecule has 0 aromatic carbocycles. The van der Waals surface area contributed by atoms with Gasteiger partial charge in [-0.3, -0.25) is 11.5 Å². The molecular formula is C8H16CuN6O4S2. The molecule has 0 aromatic rings. The third-order valence-electron chi connectivity index (χ3n) is 1.83. The van der Waals surface area contributed by atoms with Gasteiger partial charge in [0, 0.05) is 23.3 Å². The van der Waals surface area contributed by atoms with Gasteiger partial charge in [0.1, 0.15) is 18.3 Å². The van der Waals surface area contributed by atoms with Gasteiger partial charge in [-0.2, -0.15) is 0 Å². The standard InChI is InChI=1S/C8H16N6O4S2.Cu/c9-7(19)13-11-1-3(12-14-8(10)20)5(17)6(18)4(16)2-15;/h1,4-6,15-18H,2H2,(H6,9,10,11,12,13,14,19,20);. The largest absolute Gasteiger partial charge is 0.515 e. The maximum Gasteiger partial charge on any atom is 0.183 e. The van der Waals surface area contributed by atoms with Gasteiger partial charge in [-0.1, -0.05) is 0 Å². The predicted molar refractivity (Wildman–Crippen MR) is 83.7 cm³/mol. The molecule has 0 amide bonds. The van der Waals surface area contributed by atoms with Crippen molar-refractivity contribution < 1.29 is 37.5 Å². The zero-order chi connectivity index (χ0) is 15.7. The minimum Gasteiger partial charge on any atom is -0.515 e. The van der Waals surface area contributed by atoms with E-state index in [4.69, 9.17) is 16.6 Å². The summed E-state index contributed by atoms with van der Waals surface area (Å²) in [5.41, 5.74) is 16.7. The Kier molecular flexibility index (Phi) is 13.0. The van der Waals surface area contributed by atoms with E-state index in [1.165, 1.54) is 0 Å². The van der Waals surface area contributed by atoms with Crippen molar-refractivity contribution in [2.45, 2.75) is 18.3 Å². The number of hydrogen-bond donors (Lipinski definition) is 6. The van der Waals surface area contributed by atoms with Crippen LogP contribution in [-0.4, -0.2) is 67.5 Å². The summed E-state index contributed by atoms with van der Waals surface area (Å²) in [6, 6.07) is 0. The zero-order valence-electron chi connectivity index (χ0n) is 10.4. The van der Waals surface area contributed by atoms with Gasteiger partial charge >= 0.3 is 0 Å². The number of aliphatic hydroxyl groups is 4. The summed E-state index contributed by atoms with van der Waals surface area (Å²) in [5, 5.41) is 43.8. The molecule has 0 saturated carbocycles. The van der Waals surface area contributed by atoms with Gasteiger partial charge in [0.25, 0.3) is 0 Å². The summed E-state index contributed by atoms with van der Waals surface area (Å²) >= 11 is 7.31. The molecule has 0 rings (SSSR count). The topological polar surface area (TPSA) is 186 Å². The van der Waals surface area contributed by atoms with E-state index in [-0.39, 0.29) is 33.0 Å². The van der Waals surface area contributed by atoms with Crippen LogP contribution in [0.15, 0.2) is 10.2 Å². The second-order valence-electron chi connectivity index (χ2n) is 3.37. The van der Waals surface area contributed by atoms with Crippen molar-refractivity contribution in [3.05, 3.63) is 10.9 Å². The molecule has 1 radical (unpaired) electrons. The third kappa shape index (κ3) is 9.87. The van der Waals surface area contributed by atoms with Crippen molar-refractivity contribution in [2.24, 2.45) is 21.7 Å². The van der Waals surface area contributed by atoms with Crippen LogP contribution in [0.25, 0.3) is 10.9 Å². The SMILES string of the molecule is NC(=[SH+])[N-]N=CC(=N[N-]C(N)=[SH+])C(O)C(O)C(O)CO.[Cu]. The third-order valence-corrected chi connectivity index (χ3v) is 2.00. The van der Waals surface area contributed by atoms with E-state index < -0.39 is 24.9 Å². The van der Waals surface area contributed by atoms with E-state index >= 15 is 0 Å². The first kappa shape index (κ1) is 22.7. The number of thiol groups is 2. The molecular weight excluding hydrogens is 372 g/mol. The molecule has 125 valence electrons. The van der Waals surface area contributed by atoms with Crippen molar-refractivity contribution in [1.82, 2.24) is 0 Å². The Hall–Kier alpha value is -0.601. The van der Waals surface area contributed by atoms with Crippen molar-refractivity contribution in [2.75, 3.05) is 6.61 Å². The van der Waals surface area contributed by atoms with Gasteiger partial charge in [0.2, 0.25) is 0 Å². The maximum absolute atomic E-state index is 9.78. The molecule has 0 aliphatic heterocycles. The van der Waals surface area contributed by atoms with E-state index in [1.54, 1.807) is 0 Å². The Labute approximate surface area is 141 Å². The molecule has 0 heterocycles. The normalized spacial score (nSPS) is 15.8. The molecule has 10 nitrogen and oxygen atoms in total. The summed E-state index contributed by atoms with van der Waals surface area (Å²) in [6.45, 7) is -0.762. The second-order valence-corrected chi connectivity index (χ2v) is 4.29. The quantitative estimate of drug-likeness (QED) is 0.0641.